The van der Waals surface area contributed by atoms with Gasteiger partial charge in [0.2, 0.25) is 0 Å². The summed E-state index contributed by atoms with van der Waals surface area (Å²) in [7, 11) is 0. The van der Waals surface area contributed by atoms with Crippen molar-refractivity contribution in [3.8, 4) is 11.5 Å². The van der Waals surface area contributed by atoms with Crippen molar-refractivity contribution in [2.75, 3.05) is 13.2 Å². The lowest BCUT2D eigenvalue weighted by atomic mass is 9.85. The second-order valence-electron chi connectivity index (χ2n) is 5.67. The van der Waals surface area contributed by atoms with Gasteiger partial charge in [0.05, 0.1) is 6.61 Å². The molecule has 3 nitrogen and oxygen atoms in total. The molecular formula is C14H23NO2. The smallest absolute Gasteiger partial charge is 0.122 e. The summed E-state index contributed by atoms with van der Waals surface area (Å²) in [5.74, 6) is 1.26. The van der Waals surface area contributed by atoms with Gasteiger partial charge in [-0.05, 0) is 30.5 Å². The zero-order valence-corrected chi connectivity index (χ0v) is 10.9. The molecule has 1 rings (SSSR count). The molecule has 0 amide bonds. The number of phenols is 1. The van der Waals surface area contributed by atoms with Crippen LogP contribution in [0.3, 0.4) is 0 Å². The number of hydrogen-bond donors (Lipinski definition) is 2. The van der Waals surface area contributed by atoms with E-state index in [2.05, 4.69) is 20.8 Å². The Morgan fingerprint density at radius 1 is 1.35 bits per heavy atom. The van der Waals surface area contributed by atoms with Gasteiger partial charge in [-0.1, -0.05) is 26.8 Å². The van der Waals surface area contributed by atoms with Crippen LogP contribution in [0.2, 0.25) is 0 Å². The first kappa shape index (κ1) is 13.8. The van der Waals surface area contributed by atoms with Gasteiger partial charge in [-0.3, -0.25) is 0 Å². The van der Waals surface area contributed by atoms with Crippen LogP contribution >= 0.6 is 0 Å². The third kappa shape index (κ3) is 5.59. The molecule has 0 aliphatic rings. The van der Waals surface area contributed by atoms with Crippen LogP contribution in [-0.4, -0.2) is 18.3 Å². The standard InChI is InChI=1S/C14H23NO2/c1-14(2,3)8-11(9-15)10-17-13-6-4-5-12(16)7-13/h4-7,11,16H,8-10,15H2,1-3H3. The summed E-state index contributed by atoms with van der Waals surface area (Å²) in [6.07, 6.45) is 1.03. The van der Waals surface area contributed by atoms with Gasteiger partial charge in [-0.2, -0.15) is 0 Å². The van der Waals surface area contributed by atoms with Crippen molar-refractivity contribution in [1.29, 1.82) is 0 Å². The third-order valence-electron chi connectivity index (χ3n) is 2.54. The minimum Gasteiger partial charge on any atom is -0.508 e. The van der Waals surface area contributed by atoms with Gasteiger partial charge in [0.15, 0.2) is 0 Å². The van der Waals surface area contributed by atoms with Gasteiger partial charge in [-0.25, -0.2) is 0 Å². The van der Waals surface area contributed by atoms with Crippen LogP contribution in [0.1, 0.15) is 27.2 Å². The van der Waals surface area contributed by atoms with Crippen molar-refractivity contribution in [3.05, 3.63) is 24.3 Å². The minimum atomic E-state index is 0.225. The molecule has 0 fully saturated rings. The van der Waals surface area contributed by atoms with Crippen LogP contribution in [0.15, 0.2) is 24.3 Å². The number of benzene rings is 1. The zero-order chi connectivity index (χ0) is 12.9. The van der Waals surface area contributed by atoms with E-state index in [1.807, 2.05) is 6.07 Å². The first-order valence-corrected chi connectivity index (χ1v) is 6.02. The van der Waals surface area contributed by atoms with Gasteiger partial charge in [0.1, 0.15) is 11.5 Å². The molecule has 1 aromatic carbocycles. The normalized spacial score (nSPS) is 13.4. The molecule has 1 atom stereocenters. The number of aromatic hydroxyl groups is 1. The van der Waals surface area contributed by atoms with Gasteiger partial charge in [0, 0.05) is 12.0 Å². The molecule has 0 spiro atoms. The fourth-order valence-corrected chi connectivity index (χ4v) is 1.86. The summed E-state index contributed by atoms with van der Waals surface area (Å²) >= 11 is 0. The Labute approximate surface area is 104 Å². The lowest BCUT2D eigenvalue weighted by molar-refractivity contribution is 0.199. The van der Waals surface area contributed by atoms with Crippen LogP contribution in [-0.2, 0) is 0 Å². The number of ether oxygens (including phenoxy) is 1. The van der Waals surface area contributed by atoms with Gasteiger partial charge >= 0.3 is 0 Å². The Morgan fingerprint density at radius 3 is 2.59 bits per heavy atom. The van der Waals surface area contributed by atoms with Crippen molar-refractivity contribution < 1.29 is 9.84 Å². The number of phenolic OH excluding ortho intramolecular Hbond substituents is 1. The van der Waals surface area contributed by atoms with Gasteiger partial charge < -0.3 is 15.6 Å². The Balaban J connectivity index is 2.48. The summed E-state index contributed by atoms with van der Waals surface area (Å²) in [6.45, 7) is 7.81. The number of hydrogen-bond acceptors (Lipinski definition) is 3. The Kier molecular flexibility index (Phi) is 4.82. The lowest BCUT2D eigenvalue weighted by Gasteiger charge is -2.25. The molecular weight excluding hydrogens is 214 g/mol. The quantitative estimate of drug-likeness (QED) is 0.828. The Hall–Kier alpha value is -1.22. The third-order valence-corrected chi connectivity index (χ3v) is 2.54. The van der Waals surface area contributed by atoms with E-state index >= 15 is 0 Å². The molecule has 3 N–H and O–H groups in total. The predicted molar refractivity (Wildman–Crippen MR) is 70.2 cm³/mol. The van der Waals surface area contributed by atoms with Crippen molar-refractivity contribution in [3.63, 3.8) is 0 Å². The van der Waals surface area contributed by atoms with E-state index in [1.54, 1.807) is 18.2 Å². The number of nitrogens with two attached hydrogens (primary N) is 1. The average Bonchev–Trinajstić information content (AvgIpc) is 2.23. The molecule has 0 radical (unpaired) electrons. The Bertz CT molecular complexity index is 344. The maximum absolute atomic E-state index is 9.32. The molecule has 17 heavy (non-hydrogen) atoms. The maximum atomic E-state index is 9.32. The van der Waals surface area contributed by atoms with Gasteiger partial charge in [0.25, 0.3) is 0 Å². The molecule has 0 aliphatic heterocycles. The highest BCUT2D eigenvalue weighted by Crippen LogP contribution is 2.25. The highest BCUT2D eigenvalue weighted by Gasteiger charge is 2.18. The minimum absolute atomic E-state index is 0.225. The topological polar surface area (TPSA) is 55.5 Å². The second kappa shape index (κ2) is 5.92. The lowest BCUT2D eigenvalue weighted by Crippen LogP contribution is -2.26. The molecule has 1 aromatic rings. The van der Waals surface area contributed by atoms with Crippen LogP contribution in [0.5, 0.6) is 11.5 Å². The van der Waals surface area contributed by atoms with Gasteiger partial charge in [-0.15, -0.1) is 0 Å². The van der Waals surface area contributed by atoms with Crippen LogP contribution in [0.25, 0.3) is 0 Å². The predicted octanol–water partition coefficient (Wildman–Crippen LogP) is 2.78. The first-order chi connectivity index (χ1) is 7.90. The first-order valence-electron chi connectivity index (χ1n) is 6.02. The molecule has 1 unspecified atom stereocenters. The van der Waals surface area contributed by atoms with Crippen LogP contribution < -0.4 is 10.5 Å². The van der Waals surface area contributed by atoms with Crippen LogP contribution in [0, 0.1) is 11.3 Å². The largest absolute Gasteiger partial charge is 0.508 e. The van der Waals surface area contributed by atoms with Crippen molar-refractivity contribution >= 4 is 0 Å². The monoisotopic (exact) mass is 237 g/mol. The van der Waals surface area contributed by atoms with Crippen molar-refractivity contribution in [2.24, 2.45) is 17.1 Å². The summed E-state index contributed by atoms with van der Waals surface area (Å²) in [6, 6.07) is 6.85. The van der Waals surface area contributed by atoms with E-state index in [0.29, 0.717) is 24.8 Å². The zero-order valence-electron chi connectivity index (χ0n) is 10.9. The maximum Gasteiger partial charge on any atom is 0.122 e. The van der Waals surface area contributed by atoms with E-state index in [4.69, 9.17) is 10.5 Å². The summed E-state index contributed by atoms with van der Waals surface area (Å²) in [4.78, 5) is 0. The summed E-state index contributed by atoms with van der Waals surface area (Å²) in [5.41, 5.74) is 6.00. The summed E-state index contributed by atoms with van der Waals surface area (Å²) in [5, 5.41) is 9.32. The molecule has 0 bridgehead atoms. The van der Waals surface area contributed by atoms with Crippen molar-refractivity contribution in [1.82, 2.24) is 0 Å². The molecule has 0 aliphatic carbocycles. The summed E-state index contributed by atoms with van der Waals surface area (Å²) < 4.78 is 5.65. The molecule has 0 saturated carbocycles. The highest BCUT2D eigenvalue weighted by molar-refractivity contribution is 5.31. The van der Waals surface area contributed by atoms with E-state index < -0.39 is 0 Å². The SMILES string of the molecule is CC(C)(C)CC(CN)COc1cccc(O)c1. The molecule has 0 saturated heterocycles. The molecule has 0 aromatic heterocycles. The van der Waals surface area contributed by atoms with Crippen LogP contribution in [0.4, 0.5) is 0 Å². The molecule has 0 heterocycles. The van der Waals surface area contributed by atoms with E-state index in [0.717, 1.165) is 6.42 Å². The van der Waals surface area contributed by atoms with Crippen molar-refractivity contribution in [2.45, 2.75) is 27.2 Å². The fraction of sp³-hybridized carbons (Fsp3) is 0.571. The Morgan fingerprint density at radius 2 is 2.06 bits per heavy atom. The van der Waals surface area contributed by atoms with E-state index in [-0.39, 0.29) is 11.2 Å². The molecule has 96 valence electrons. The average molecular weight is 237 g/mol. The highest BCUT2D eigenvalue weighted by atomic mass is 16.5. The van der Waals surface area contributed by atoms with E-state index in [9.17, 15) is 5.11 Å². The number of rotatable bonds is 5. The fourth-order valence-electron chi connectivity index (χ4n) is 1.86. The second-order valence-corrected chi connectivity index (χ2v) is 5.67. The molecule has 3 heteroatoms. The van der Waals surface area contributed by atoms with E-state index in [1.165, 1.54) is 0 Å².